The number of carbonyl (C=O) groups excluding carboxylic acids is 1. The molecule has 1 aromatic heterocycles. The molecule has 0 aliphatic rings. The first-order valence-corrected chi connectivity index (χ1v) is 7.31. The van der Waals surface area contributed by atoms with Crippen molar-refractivity contribution >= 4 is 11.9 Å². The Morgan fingerprint density at radius 1 is 1.05 bits per heavy atom. The largest absolute Gasteiger partial charge is 0.481 e. The van der Waals surface area contributed by atoms with E-state index in [1.165, 1.54) is 6.26 Å². The van der Waals surface area contributed by atoms with E-state index in [2.05, 4.69) is 5.32 Å². The van der Waals surface area contributed by atoms with E-state index in [0.29, 0.717) is 18.7 Å². The second kappa shape index (κ2) is 8.02. The Kier molecular flexibility index (Phi) is 5.77. The highest BCUT2D eigenvalue weighted by Gasteiger charge is 2.15. The van der Waals surface area contributed by atoms with Crippen LogP contribution in [0.1, 0.15) is 36.2 Å². The summed E-state index contributed by atoms with van der Waals surface area (Å²) in [6.45, 7) is 0.507. The van der Waals surface area contributed by atoms with Crippen LogP contribution in [-0.2, 0) is 4.79 Å². The quantitative estimate of drug-likeness (QED) is 0.733. The number of carboxylic acids is 1. The van der Waals surface area contributed by atoms with Crippen molar-refractivity contribution in [3.63, 3.8) is 0 Å². The minimum Gasteiger partial charge on any atom is -0.481 e. The molecule has 1 amide bonds. The fraction of sp³-hybridized carbons (Fsp3) is 0.294. The summed E-state index contributed by atoms with van der Waals surface area (Å²) < 4.78 is 5.30. The van der Waals surface area contributed by atoms with Gasteiger partial charge in [0, 0.05) is 18.5 Å². The smallest absolute Gasteiger partial charge is 0.303 e. The molecule has 0 fully saturated rings. The number of nitrogens with one attached hydrogen (secondary N) is 1. The number of amides is 1. The minimum atomic E-state index is -0.785. The Balaban J connectivity index is 1.84. The van der Waals surface area contributed by atoms with Crippen LogP contribution in [0.2, 0.25) is 0 Å². The molecule has 1 aromatic carbocycles. The summed E-state index contributed by atoms with van der Waals surface area (Å²) in [4.78, 5) is 22.5. The maximum atomic E-state index is 12.1. The van der Waals surface area contributed by atoms with Gasteiger partial charge in [-0.3, -0.25) is 9.59 Å². The molecule has 0 saturated carbocycles. The van der Waals surface area contributed by atoms with Crippen LogP contribution in [0.15, 0.2) is 47.1 Å². The van der Waals surface area contributed by atoms with Crippen molar-refractivity contribution in [3.8, 4) is 11.1 Å². The highest BCUT2D eigenvalue weighted by molar-refractivity contribution is 5.98. The molecule has 0 atom stereocenters. The van der Waals surface area contributed by atoms with Gasteiger partial charge in [0.1, 0.15) is 0 Å². The highest BCUT2D eigenvalue weighted by atomic mass is 16.4. The summed E-state index contributed by atoms with van der Waals surface area (Å²) in [7, 11) is 0. The number of rotatable bonds is 8. The zero-order valence-corrected chi connectivity index (χ0v) is 12.2. The van der Waals surface area contributed by atoms with Crippen LogP contribution in [0.3, 0.4) is 0 Å². The lowest BCUT2D eigenvalue weighted by atomic mass is 10.1. The van der Waals surface area contributed by atoms with Crippen LogP contribution in [0.25, 0.3) is 11.1 Å². The molecule has 2 rings (SSSR count). The van der Waals surface area contributed by atoms with Crippen LogP contribution in [0, 0.1) is 0 Å². The lowest BCUT2D eigenvalue weighted by Crippen LogP contribution is -2.24. The average molecular weight is 301 g/mol. The van der Waals surface area contributed by atoms with Crippen LogP contribution in [-0.4, -0.2) is 23.5 Å². The second-order valence-electron chi connectivity index (χ2n) is 4.99. The molecule has 5 nitrogen and oxygen atoms in total. The number of benzene rings is 1. The fourth-order valence-corrected chi connectivity index (χ4v) is 2.19. The first-order chi connectivity index (χ1) is 10.7. The summed E-state index contributed by atoms with van der Waals surface area (Å²) in [5.41, 5.74) is 1.70. The third-order valence-corrected chi connectivity index (χ3v) is 3.31. The molecule has 0 unspecified atom stereocenters. The third-order valence-electron chi connectivity index (χ3n) is 3.31. The van der Waals surface area contributed by atoms with Gasteiger partial charge in [-0.15, -0.1) is 0 Å². The van der Waals surface area contributed by atoms with Gasteiger partial charge in [-0.1, -0.05) is 36.8 Å². The van der Waals surface area contributed by atoms with E-state index in [9.17, 15) is 9.59 Å². The molecule has 0 aliphatic carbocycles. The molecule has 22 heavy (non-hydrogen) atoms. The van der Waals surface area contributed by atoms with Crippen molar-refractivity contribution in [2.45, 2.75) is 25.7 Å². The molecule has 5 heteroatoms. The molecular weight excluding hydrogens is 282 g/mol. The maximum Gasteiger partial charge on any atom is 0.303 e. The lowest BCUT2D eigenvalue weighted by Gasteiger charge is -2.05. The normalized spacial score (nSPS) is 10.4. The maximum absolute atomic E-state index is 12.1. The predicted molar refractivity (Wildman–Crippen MR) is 82.6 cm³/mol. The first kappa shape index (κ1) is 15.8. The Morgan fingerprint density at radius 2 is 1.82 bits per heavy atom. The monoisotopic (exact) mass is 301 g/mol. The van der Waals surface area contributed by atoms with Gasteiger partial charge in [0.2, 0.25) is 0 Å². The van der Waals surface area contributed by atoms with Gasteiger partial charge in [-0.05, 0) is 24.5 Å². The summed E-state index contributed by atoms with van der Waals surface area (Å²) in [6, 6.07) is 11.4. The van der Waals surface area contributed by atoms with E-state index >= 15 is 0 Å². The van der Waals surface area contributed by atoms with Gasteiger partial charge in [-0.2, -0.15) is 0 Å². The molecule has 0 aliphatic heterocycles. The summed E-state index contributed by atoms with van der Waals surface area (Å²) in [6.07, 6.45) is 3.83. The lowest BCUT2D eigenvalue weighted by molar-refractivity contribution is -0.137. The molecule has 0 saturated heterocycles. The van der Waals surface area contributed by atoms with Gasteiger partial charge < -0.3 is 14.8 Å². The number of furan rings is 1. The van der Waals surface area contributed by atoms with Crippen LogP contribution < -0.4 is 5.32 Å². The summed E-state index contributed by atoms with van der Waals surface area (Å²) >= 11 is 0. The van der Waals surface area contributed by atoms with Gasteiger partial charge in [0.25, 0.3) is 5.91 Å². The number of carboxylic acid groups (broad SMARTS) is 1. The number of carbonyl (C=O) groups is 2. The second-order valence-corrected chi connectivity index (χ2v) is 4.99. The van der Waals surface area contributed by atoms with Crippen LogP contribution in [0.4, 0.5) is 0 Å². The van der Waals surface area contributed by atoms with Crippen molar-refractivity contribution in [3.05, 3.63) is 48.4 Å². The summed E-state index contributed by atoms with van der Waals surface area (Å²) in [5.74, 6) is -0.731. The third kappa shape index (κ3) is 4.48. The number of hydrogen-bond donors (Lipinski definition) is 2. The number of hydrogen-bond acceptors (Lipinski definition) is 3. The summed E-state index contributed by atoms with van der Waals surface area (Å²) in [5, 5.41) is 11.3. The van der Waals surface area contributed by atoms with E-state index in [1.807, 2.05) is 30.3 Å². The van der Waals surface area contributed by atoms with Crippen molar-refractivity contribution in [2.24, 2.45) is 0 Å². The Labute approximate surface area is 129 Å². The van der Waals surface area contributed by atoms with Crippen molar-refractivity contribution < 1.29 is 19.1 Å². The van der Waals surface area contributed by atoms with Crippen LogP contribution >= 0.6 is 0 Å². The molecule has 0 bridgehead atoms. The van der Waals surface area contributed by atoms with Gasteiger partial charge in [-0.25, -0.2) is 0 Å². The SMILES string of the molecule is O=C(O)CCCCCNC(=O)c1occc1-c1ccccc1. The molecule has 1 heterocycles. The molecular formula is C17H19NO4. The number of aliphatic carboxylic acids is 1. The van der Waals surface area contributed by atoms with Crippen molar-refractivity contribution in [2.75, 3.05) is 6.54 Å². The molecule has 0 spiro atoms. The molecule has 2 aromatic rings. The topological polar surface area (TPSA) is 79.5 Å². The molecule has 2 N–H and O–H groups in total. The van der Waals surface area contributed by atoms with Gasteiger partial charge >= 0.3 is 5.97 Å². The van der Waals surface area contributed by atoms with E-state index in [4.69, 9.17) is 9.52 Å². The van der Waals surface area contributed by atoms with Crippen molar-refractivity contribution in [1.29, 1.82) is 0 Å². The Hall–Kier alpha value is -2.56. The van der Waals surface area contributed by atoms with Crippen LogP contribution in [0.5, 0.6) is 0 Å². The van der Waals surface area contributed by atoms with Gasteiger partial charge in [0.05, 0.1) is 6.26 Å². The number of unbranched alkanes of at least 4 members (excludes halogenated alkanes) is 2. The molecule has 0 radical (unpaired) electrons. The van der Waals surface area contributed by atoms with Gasteiger partial charge in [0.15, 0.2) is 5.76 Å². The predicted octanol–water partition coefficient (Wildman–Crippen LogP) is 3.32. The van der Waals surface area contributed by atoms with E-state index < -0.39 is 5.97 Å². The Morgan fingerprint density at radius 3 is 2.55 bits per heavy atom. The van der Waals surface area contributed by atoms with Crippen molar-refractivity contribution in [1.82, 2.24) is 5.32 Å². The Bertz CT molecular complexity index is 619. The zero-order chi connectivity index (χ0) is 15.8. The standard InChI is InChI=1S/C17H19NO4/c19-15(20)9-5-2-6-11-18-17(21)16-14(10-12-22-16)13-7-3-1-4-8-13/h1,3-4,7-8,10,12H,2,5-6,9,11H2,(H,18,21)(H,19,20). The van der Waals surface area contributed by atoms with E-state index in [0.717, 1.165) is 24.0 Å². The first-order valence-electron chi connectivity index (χ1n) is 7.31. The fourth-order valence-electron chi connectivity index (χ4n) is 2.19. The highest BCUT2D eigenvalue weighted by Crippen LogP contribution is 2.24. The van der Waals surface area contributed by atoms with E-state index in [-0.39, 0.29) is 12.3 Å². The van der Waals surface area contributed by atoms with E-state index in [1.54, 1.807) is 6.07 Å². The average Bonchev–Trinajstić information content (AvgIpc) is 3.00. The zero-order valence-electron chi connectivity index (χ0n) is 12.2. The minimum absolute atomic E-state index is 0.171. The molecule has 116 valence electrons.